The smallest absolute Gasteiger partial charge is 0.260 e. The Labute approximate surface area is 181 Å². The number of primary amides is 1. The number of likely N-dealkylation sites (tertiary alicyclic amines) is 2. The number of nitrogens with zero attached hydrogens (tertiary/aromatic N) is 2. The van der Waals surface area contributed by atoms with Crippen LogP contribution in [-0.2, 0) is 16.0 Å². The van der Waals surface area contributed by atoms with Crippen molar-refractivity contribution in [2.24, 2.45) is 11.1 Å². The van der Waals surface area contributed by atoms with Crippen LogP contribution in [-0.4, -0.2) is 60.3 Å². The summed E-state index contributed by atoms with van der Waals surface area (Å²) in [5.74, 6) is -0.345. The third kappa shape index (κ3) is 4.40. The molecule has 3 amide bonds. The van der Waals surface area contributed by atoms with Crippen molar-refractivity contribution in [2.75, 3.05) is 32.8 Å². The number of hydrogen-bond acceptors (Lipinski definition) is 4. The number of carbonyl (C=O) groups excluding carboxylic acids is 3. The van der Waals surface area contributed by atoms with Crippen molar-refractivity contribution < 1.29 is 19.1 Å². The molecule has 162 valence electrons. The first-order valence-electron chi connectivity index (χ1n) is 10.6. The SMILES string of the molecule is NC(=O)c1ccccc1OCC(=O)N1CCC2(CCN(CCc3ccccc3)C2=O)C1. The quantitative estimate of drug-likeness (QED) is 0.739. The highest BCUT2D eigenvalue weighted by Gasteiger charge is 2.51. The molecule has 7 nitrogen and oxygen atoms in total. The minimum absolute atomic E-state index is 0.152. The van der Waals surface area contributed by atoms with E-state index in [4.69, 9.17) is 10.5 Å². The van der Waals surface area contributed by atoms with Gasteiger partial charge in [-0.3, -0.25) is 14.4 Å². The van der Waals surface area contributed by atoms with E-state index in [0.29, 0.717) is 31.8 Å². The maximum Gasteiger partial charge on any atom is 0.260 e. The summed E-state index contributed by atoms with van der Waals surface area (Å²) in [6.45, 7) is 2.21. The van der Waals surface area contributed by atoms with Gasteiger partial charge in [0.1, 0.15) is 5.75 Å². The minimum atomic E-state index is -0.602. The van der Waals surface area contributed by atoms with E-state index in [0.717, 1.165) is 19.4 Å². The molecule has 0 radical (unpaired) electrons. The number of hydrogen-bond donors (Lipinski definition) is 1. The van der Waals surface area contributed by atoms with Crippen LogP contribution in [0.15, 0.2) is 54.6 Å². The van der Waals surface area contributed by atoms with Gasteiger partial charge < -0.3 is 20.3 Å². The normalized spacial score (nSPS) is 20.5. The molecule has 7 heteroatoms. The van der Waals surface area contributed by atoms with E-state index >= 15 is 0 Å². The van der Waals surface area contributed by atoms with Gasteiger partial charge in [-0.1, -0.05) is 42.5 Å². The Balaban J connectivity index is 1.32. The van der Waals surface area contributed by atoms with Gasteiger partial charge in [-0.25, -0.2) is 0 Å². The highest BCUT2D eigenvalue weighted by Crippen LogP contribution is 2.40. The summed E-state index contributed by atoms with van der Waals surface area (Å²) in [5.41, 5.74) is 6.34. The molecule has 1 atom stereocenters. The number of nitrogens with two attached hydrogens (primary N) is 1. The molecule has 31 heavy (non-hydrogen) atoms. The average molecular weight is 421 g/mol. The third-order valence-electron chi connectivity index (χ3n) is 6.32. The predicted octanol–water partition coefficient (Wildman–Crippen LogP) is 1.86. The fraction of sp³-hybridized carbons (Fsp3) is 0.375. The van der Waals surface area contributed by atoms with Crippen LogP contribution in [0.3, 0.4) is 0 Å². The van der Waals surface area contributed by atoms with Crippen molar-refractivity contribution >= 4 is 17.7 Å². The Morgan fingerprint density at radius 3 is 2.48 bits per heavy atom. The molecule has 2 aromatic carbocycles. The largest absolute Gasteiger partial charge is 0.483 e. The summed E-state index contributed by atoms with van der Waals surface area (Å²) >= 11 is 0. The highest BCUT2D eigenvalue weighted by molar-refractivity contribution is 5.95. The summed E-state index contributed by atoms with van der Waals surface area (Å²) in [7, 11) is 0. The molecule has 2 aromatic rings. The molecule has 2 aliphatic rings. The van der Waals surface area contributed by atoms with Gasteiger partial charge in [0.05, 0.1) is 11.0 Å². The molecule has 2 saturated heterocycles. The van der Waals surface area contributed by atoms with Crippen LogP contribution < -0.4 is 10.5 Å². The molecule has 2 fully saturated rings. The topological polar surface area (TPSA) is 92.9 Å². The maximum atomic E-state index is 13.1. The summed E-state index contributed by atoms with van der Waals surface area (Å²) in [6, 6.07) is 16.7. The molecule has 4 rings (SSSR count). The van der Waals surface area contributed by atoms with Gasteiger partial charge in [0, 0.05) is 26.2 Å². The van der Waals surface area contributed by atoms with Gasteiger partial charge in [-0.05, 0) is 37.0 Å². The standard InChI is InChI=1S/C24H27N3O4/c25-22(29)19-8-4-5-9-20(19)31-16-21(28)27-15-12-24(17-27)11-14-26(23(24)30)13-10-18-6-2-1-3-7-18/h1-9H,10-17H2,(H2,25,29). The lowest BCUT2D eigenvalue weighted by atomic mass is 9.85. The zero-order valence-corrected chi connectivity index (χ0v) is 17.5. The van der Waals surface area contributed by atoms with Crippen LogP contribution in [0.2, 0.25) is 0 Å². The zero-order valence-electron chi connectivity index (χ0n) is 17.5. The van der Waals surface area contributed by atoms with Crippen LogP contribution in [0, 0.1) is 5.41 Å². The van der Waals surface area contributed by atoms with E-state index in [1.807, 2.05) is 23.1 Å². The minimum Gasteiger partial charge on any atom is -0.483 e. The van der Waals surface area contributed by atoms with Crippen molar-refractivity contribution in [3.63, 3.8) is 0 Å². The molecule has 2 N–H and O–H groups in total. The summed E-state index contributed by atoms with van der Waals surface area (Å²) in [6.07, 6.45) is 2.28. The fourth-order valence-corrected chi connectivity index (χ4v) is 4.51. The van der Waals surface area contributed by atoms with Gasteiger partial charge in [-0.15, -0.1) is 0 Å². The van der Waals surface area contributed by atoms with Crippen LogP contribution in [0.1, 0.15) is 28.8 Å². The lowest BCUT2D eigenvalue weighted by molar-refractivity contribution is -0.137. The monoisotopic (exact) mass is 421 g/mol. The number of amides is 3. The lowest BCUT2D eigenvalue weighted by Gasteiger charge is -2.24. The second-order valence-corrected chi connectivity index (χ2v) is 8.27. The Kier molecular flexibility index (Phi) is 5.93. The predicted molar refractivity (Wildman–Crippen MR) is 115 cm³/mol. The lowest BCUT2D eigenvalue weighted by Crippen LogP contribution is -2.40. The van der Waals surface area contributed by atoms with E-state index in [1.54, 1.807) is 29.2 Å². The molecule has 0 saturated carbocycles. The van der Waals surface area contributed by atoms with E-state index in [1.165, 1.54) is 5.56 Å². The van der Waals surface area contributed by atoms with Gasteiger partial charge in [0.15, 0.2) is 6.61 Å². The van der Waals surface area contributed by atoms with E-state index < -0.39 is 11.3 Å². The summed E-state index contributed by atoms with van der Waals surface area (Å²) < 4.78 is 5.57. The maximum absolute atomic E-state index is 13.1. The Hall–Kier alpha value is -3.35. The van der Waals surface area contributed by atoms with Crippen LogP contribution >= 0.6 is 0 Å². The molecule has 0 aromatic heterocycles. The molecule has 0 aliphatic carbocycles. The second-order valence-electron chi connectivity index (χ2n) is 8.27. The van der Waals surface area contributed by atoms with Gasteiger partial charge >= 0.3 is 0 Å². The Morgan fingerprint density at radius 1 is 1.00 bits per heavy atom. The average Bonchev–Trinajstić information content (AvgIpc) is 3.36. The number of rotatable bonds is 7. The molecule has 2 heterocycles. The molecule has 2 aliphatic heterocycles. The number of benzene rings is 2. The zero-order chi connectivity index (χ0) is 21.8. The van der Waals surface area contributed by atoms with Gasteiger partial charge in [0.2, 0.25) is 5.91 Å². The number of carbonyl (C=O) groups is 3. The van der Waals surface area contributed by atoms with Crippen molar-refractivity contribution in [3.05, 3.63) is 65.7 Å². The van der Waals surface area contributed by atoms with Crippen LogP contribution in [0.25, 0.3) is 0 Å². The van der Waals surface area contributed by atoms with Crippen LogP contribution in [0.5, 0.6) is 5.75 Å². The van der Waals surface area contributed by atoms with Gasteiger partial charge in [0.25, 0.3) is 11.8 Å². The first-order valence-corrected chi connectivity index (χ1v) is 10.6. The van der Waals surface area contributed by atoms with E-state index in [2.05, 4.69) is 12.1 Å². The fourth-order valence-electron chi connectivity index (χ4n) is 4.51. The number of para-hydroxylation sites is 1. The number of ether oxygens (including phenoxy) is 1. The van der Waals surface area contributed by atoms with Crippen molar-refractivity contribution in [1.29, 1.82) is 0 Å². The Bertz CT molecular complexity index is 978. The second kappa shape index (κ2) is 8.79. The molecule has 1 spiro atoms. The first-order chi connectivity index (χ1) is 15.0. The van der Waals surface area contributed by atoms with Gasteiger partial charge in [-0.2, -0.15) is 0 Å². The van der Waals surface area contributed by atoms with Crippen molar-refractivity contribution in [2.45, 2.75) is 19.3 Å². The van der Waals surface area contributed by atoms with E-state index in [-0.39, 0.29) is 24.0 Å². The highest BCUT2D eigenvalue weighted by atomic mass is 16.5. The summed E-state index contributed by atoms with van der Waals surface area (Å²) in [4.78, 5) is 41.0. The molecule has 1 unspecified atom stereocenters. The van der Waals surface area contributed by atoms with Crippen molar-refractivity contribution in [1.82, 2.24) is 9.80 Å². The molecular formula is C24H27N3O4. The van der Waals surface area contributed by atoms with Crippen LogP contribution in [0.4, 0.5) is 0 Å². The van der Waals surface area contributed by atoms with E-state index in [9.17, 15) is 14.4 Å². The first kappa shape index (κ1) is 20.9. The molecular weight excluding hydrogens is 394 g/mol. The van der Waals surface area contributed by atoms with Crippen molar-refractivity contribution in [3.8, 4) is 5.75 Å². The molecule has 0 bridgehead atoms. The summed E-state index contributed by atoms with van der Waals surface area (Å²) in [5, 5.41) is 0. The Morgan fingerprint density at radius 2 is 1.71 bits per heavy atom. The third-order valence-corrected chi connectivity index (χ3v) is 6.32.